The third-order valence-electron chi connectivity index (χ3n) is 8.21. The van der Waals surface area contributed by atoms with E-state index in [2.05, 4.69) is 13.8 Å². The van der Waals surface area contributed by atoms with Crippen LogP contribution in [0.1, 0.15) is 142 Å². The SMILES string of the molecule is CCCCCCCCCCCC(=O)OCC(CO)(COCC(CO)(CO)CO)COC(=O)CCCCCCCCCCC. The second kappa shape index (κ2) is 28.2. The van der Waals surface area contributed by atoms with Gasteiger partial charge in [-0.1, -0.05) is 117 Å². The summed E-state index contributed by atoms with van der Waals surface area (Å²) in [5, 5.41) is 39.1. The molecule has 0 aliphatic heterocycles. The van der Waals surface area contributed by atoms with E-state index in [4.69, 9.17) is 14.2 Å². The summed E-state index contributed by atoms with van der Waals surface area (Å²) in [4.78, 5) is 24.9. The van der Waals surface area contributed by atoms with E-state index < -0.39 is 37.3 Å². The van der Waals surface area contributed by atoms with Crippen LogP contribution in [0.25, 0.3) is 0 Å². The Kier molecular flexibility index (Phi) is 27.4. The molecule has 0 aliphatic carbocycles. The Bertz CT molecular complexity index is 606. The summed E-state index contributed by atoms with van der Waals surface area (Å²) in [5.74, 6) is -0.755. The molecule has 9 nitrogen and oxygen atoms in total. The number of aliphatic hydroxyl groups excluding tert-OH is 4. The molecule has 9 heteroatoms. The predicted molar refractivity (Wildman–Crippen MR) is 170 cm³/mol. The standard InChI is InChI=1S/C34H66O9/c1-3-5-7-9-11-13-15-17-19-21-31(39)42-29-34(26-38,28-41-27-33(23-35,24-36)25-37)30-43-32(40)22-20-18-16-14-12-10-8-6-4-2/h35-38H,3-30H2,1-2H3. The van der Waals surface area contributed by atoms with Crippen molar-refractivity contribution in [1.29, 1.82) is 0 Å². The van der Waals surface area contributed by atoms with E-state index in [1.807, 2.05) is 0 Å². The van der Waals surface area contributed by atoms with Crippen LogP contribution in [0.4, 0.5) is 0 Å². The van der Waals surface area contributed by atoms with Crippen LogP contribution >= 0.6 is 0 Å². The van der Waals surface area contributed by atoms with Crippen molar-refractivity contribution in [3.05, 3.63) is 0 Å². The molecule has 0 aromatic carbocycles. The zero-order valence-electron chi connectivity index (χ0n) is 27.6. The van der Waals surface area contributed by atoms with E-state index in [1.165, 1.54) is 77.0 Å². The zero-order valence-corrected chi connectivity index (χ0v) is 27.6. The lowest BCUT2D eigenvalue weighted by Crippen LogP contribution is -2.45. The highest BCUT2D eigenvalue weighted by molar-refractivity contribution is 5.69. The summed E-state index contributed by atoms with van der Waals surface area (Å²) >= 11 is 0. The Morgan fingerprint density at radius 3 is 1.07 bits per heavy atom. The zero-order chi connectivity index (χ0) is 32.1. The van der Waals surface area contributed by atoms with E-state index >= 15 is 0 Å². The van der Waals surface area contributed by atoms with Crippen molar-refractivity contribution in [3.8, 4) is 0 Å². The Balaban J connectivity index is 4.71. The highest BCUT2D eigenvalue weighted by Gasteiger charge is 2.36. The largest absolute Gasteiger partial charge is 0.465 e. The molecular formula is C34H66O9. The molecule has 0 aliphatic rings. The Morgan fingerprint density at radius 1 is 0.442 bits per heavy atom. The molecule has 0 aromatic heterocycles. The Hall–Kier alpha value is -1.26. The summed E-state index contributed by atoms with van der Waals surface area (Å²) < 4.78 is 16.7. The van der Waals surface area contributed by atoms with Gasteiger partial charge in [0.05, 0.1) is 50.5 Å². The fourth-order valence-electron chi connectivity index (χ4n) is 4.80. The van der Waals surface area contributed by atoms with Gasteiger partial charge in [0.2, 0.25) is 0 Å². The van der Waals surface area contributed by atoms with Crippen molar-refractivity contribution in [2.24, 2.45) is 10.8 Å². The lowest BCUT2D eigenvalue weighted by molar-refractivity contribution is -0.163. The van der Waals surface area contributed by atoms with Crippen molar-refractivity contribution < 1.29 is 44.2 Å². The lowest BCUT2D eigenvalue weighted by atomic mass is 9.90. The van der Waals surface area contributed by atoms with Gasteiger partial charge in [0.25, 0.3) is 0 Å². The summed E-state index contributed by atoms with van der Waals surface area (Å²) in [7, 11) is 0. The molecule has 0 unspecified atom stereocenters. The smallest absolute Gasteiger partial charge is 0.305 e. The molecule has 4 N–H and O–H groups in total. The van der Waals surface area contributed by atoms with Crippen LogP contribution < -0.4 is 0 Å². The molecule has 0 amide bonds. The summed E-state index contributed by atoms with van der Waals surface area (Å²) in [6.45, 7) is 1.74. The van der Waals surface area contributed by atoms with Crippen molar-refractivity contribution in [2.45, 2.75) is 142 Å². The van der Waals surface area contributed by atoms with Gasteiger partial charge < -0.3 is 34.6 Å². The van der Waals surface area contributed by atoms with E-state index in [1.54, 1.807) is 0 Å². The highest BCUT2D eigenvalue weighted by Crippen LogP contribution is 2.23. The lowest BCUT2D eigenvalue weighted by Gasteiger charge is -2.33. The van der Waals surface area contributed by atoms with Gasteiger partial charge >= 0.3 is 11.9 Å². The average molecular weight is 619 g/mol. The van der Waals surface area contributed by atoms with Crippen LogP contribution in [0.3, 0.4) is 0 Å². The number of carbonyl (C=O) groups is 2. The van der Waals surface area contributed by atoms with Crippen LogP contribution in [0, 0.1) is 10.8 Å². The van der Waals surface area contributed by atoms with Crippen LogP contribution in [0.2, 0.25) is 0 Å². The van der Waals surface area contributed by atoms with E-state index in [0.29, 0.717) is 0 Å². The molecule has 43 heavy (non-hydrogen) atoms. The van der Waals surface area contributed by atoms with Gasteiger partial charge in [-0.15, -0.1) is 0 Å². The van der Waals surface area contributed by atoms with Crippen molar-refractivity contribution in [2.75, 3.05) is 52.9 Å². The molecule has 0 heterocycles. The first-order chi connectivity index (χ1) is 20.9. The number of rotatable bonds is 32. The number of aliphatic hydroxyl groups is 4. The number of esters is 2. The normalized spacial score (nSPS) is 12.0. The number of carbonyl (C=O) groups excluding carboxylic acids is 2. The van der Waals surface area contributed by atoms with Gasteiger partial charge in [-0.3, -0.25) is 9.59 Å². The van der Waals surface area contributed by atoms with Gasteiger partial charge in [0.15, 0.2) is 0 Å². The average Bonchev–Trinajstić information content (AvgIpc) is 3.03. The van der Waals surface area contributed by atoms with Crippen molar-refractivity contribution in [1.82, 2.24) is 0 Å². The number of ether oxygens (including phenoxy) is 3. The number of unbranched alkanes of at least 4 members (excludes halogenated alkanes) is 16. The van der Waals surface area contributed by atoms with Crippen molar-refractivity contribution in [3.63, 3.8) is 0 Å². The maximum atomic E-state index is 12.5. The Labute approximate surface area is 262 Å². The van der Waals surface area contributed by atoms with Crippen LogP contribution in [0.15, 0.2) is 0 Å². The van der Waals surface area contributed by atoms with E-state index in [-0.39, 0.29) is 51.2 Å². The first-order valence-corrected chi connectivity index (χ1v) is 17.2. The minimum atomic E-state index is -1.25. The van der Waals surface area contributed by atoms with E-state index in [0.717, 1.165) is 38.5 Å². The fraction of sp³-hybridized carbons (Fsp3) is 0.941. The van der Waals surface area contributed by atoms with Crippen molar-refractivity contribution >= 4 is 11.9 Å². The first-order valence-electron chi connectivity index (χ1n) is 17.2. The van der Waals surface area contributed by atoms with E-state index in [9.17, 15) is 30.0 Å². The van der Waals surface area contributed by atoms with Crippen LogP contribution in [-0.2, 0) is 23.8 Å². The van der Waals surface area contributed by atoms with Gasteiger partial charge in [-0.25, -0.2) is 0 Å². The summed E-state index contributed by atoms with van der Waals surface area (Å²) in [6.07, 6.45) is 21.1. The topological polar surface area (TPSA) is 143 Å². The molecule has 0 aromatic rings. The molecule has 0 bridgehead atoms. The quantitative estimate of drug-likeness (QED) is 0.0537. The molecule has 0 saturated heterocycles. The predicted octanol–water partition coefficient (Wildman–Crippen LogP) is 5.87. The molecule has 0 radical (unpaired) electrons. The third kappa shape index (κ3) is 22.0. The van der Waals surface area contributed by atoms with Gasteiger partial charge in [-0.05, 0) is 12.8 Å². The van der Waals surface area contributed by atoms with Gasteiger partial charge in [0.1, 0.15) is 13.2 Å². The second-order valence-corrected chi connectivity index (χ2v) is 12.6. The maximum absolute atomic E-state index is 12.5. The second-order valence-electron chi connectivity index (χ2n) is 12.6. The Morgan fingerprint density at radius 2 is 0.744 bits per heavy atom. The molecule has 0 saturated carbocycles. The number of hydrogen-bond acceptors (Lipinski definition) is 9. The fourth-order valence-corrected chi connectivity index (χ4v) is 4.80. The third-order valence-corrected chi connectivity index (χ3v) is 8.21. The van der Waals surface area contributed by atoms with Gasteiger partial charge in [0, 0.05) is 12.8 Å². The summed E-state index contributed by atoms with van der Waals surface area (Å²) in [6, 6.07) is 0. The molecule has 0 fully saturated rings. The maximum Gasteiger partial charge on any atom is 0.305 e. The highest BCUT2D eigenvalue weighted by atomic mass is 16.6. The molecule has 0 rings (SSSR count). The molecular weight excluding hydrogens is 552 g/mol. The molecule has 0 spiro atoms. The summed E-state index contributed by atoms with van der Waals surface area (Å²) in [5.41, 5.74) is -2.45. The molecule has 0 atom stereocenters. The minimum absolute atomic E-state index is 0.151. The molecule has 256 valence electrons. The minimum Gasteiger partial charge on any atom is -0.465 e. The first kappa shape index (κ1) is 41.7. The van der Waals surface area contributed by atoms with Crippen LogP contribution in [0.5, 0.6) is 0 Å². The van der Waals surface area contributed by atoms with Crippen LogP contribution in [-0.4, -0.2) is 85.2 Å². The number of hydrogen-bond donors (Lipinski definition) is 4. The monoisotopic (exact) mass is 618 g/mol. The van der Waals surface area contributed by atoms with Gasteiger partial charge in [-0.2, -0.15) is 0 Å².